The van der Waals surface area contributed by atoms with Crippen LogP contribution in [0.2, 0.25) is 5.02 Å². The van der Waals surface area contributed by atoms with Gasteiger partial charge in [0.25, 0.3) is 0 Å². The molecule has 2 aromatic rings. The number of benzene rings is 1. The van der Waals surface area contributed by atoms with Crippen molar-refractivity contribution in [3.63, 3.8) is 0 Å². The van der Waals surface area contributed by atoms with E-state index in [0.717, 1.165) is 30.7 Å². The van der Waals surface area contributed by atoms with Crippen LogP contribution in [-0.4, -0.2) is 0 Å². The average molecular weight is 345 g/mol. The predicted molar refractivity (Wildman–Crippen MR) is 77.1 cm³/mol. The average Bonchev–Trinajstić information content (AvgIpc) is 2.82. The van der Waals surface area contributed by atoms with Crippen molar-refractivity contribution in [1.29, 1.82) is 0 Å². The van der Waals surface area contributed by atoms with Gasteiger partial charge in [0.15, 0.2) is 0 Å². The van der Waals surface area contributed by atoms with Gasteiger partial charge in [0, 0.05) is 16.5 Å². The van der Waals surface area contributed by atoms with Crippen molar-refractivity contribution in [3.05, 3.63) is 51.1 Å². The van der Waals surface area contributed by atoms with Crippen molar-refractivity contribution in [2.24, 2.45) is 0 Å². The summed E-state index contributed by atoms with van der Waals surface area (Å²) in [5.74, 6) is 0.674. The number of halogens is 3. The largest absolute Gasteiger partial charge is 0.469 e. The lowest BCUT2D eigenvalue weighted by atomic mass is 9.93. The first-order valence-electron chi connectivity index (χ1n) is 6.12. The van der Waals surface area contributed by atoms with E-state index in [2.05, 4.69) is 21.2 Å². The maximum atomic E-state index is 13.2. The lowest BCUT2D eigenvalue weighted by Gasteiger charge is -2.25. The molecule has 19 heavy (non-hydrogen) atoms. The number of anilines is 1. The Labute approximate surface area is 124 Å². The molecule has 0 saturated heterocycles. The molecule has 1 heterocycles. The SMILES string of the molecule is Fc1cc(Cl)c(NC2CCCc3occc32)c(Br)c1. The molecule has 1 aromatic carbocycles. The highest BCUT2D eigenvalue weighted by Crippen LogP contribution is 2.38. The van der Waals surface area contributed by atoms with Crippen LogP contribution >= 0.6 is 27.5 Å². The number of rotatable bonds is 2. The fraction of sp³-hybridized carbons (Fsp3) is 0.286. The Morgan fingerprint density at radius 2 is 2.26 bits per heavy atom. The number of hydrogen-bond acceptors (Lipinski definition) is 2. The molecule has 0 spiro atoms. The Balaban J connectivity index is 1.92. The second-order valence-corrected chi connectivity index (χ2v) is 5.89. The molecule has 0 radical (unpaired) electrons. The third-order valence-electron chi connectivity index (χ3n) is 3.38. The van der Waals surface area contributed by atoms with Gasteiger partial charge in [0.1, 0.15) is 11.6 Å². The van der Waals surface area contributed by atoms with Crippen LogP contribution in [0.1, 0.15) is 30.2 Å². The predicted octanol–water partition coefficient (Wildman–Crippen LogP) is 5.32. The van der Waals surface area contributed by atoms with Gasteiger partial charge in [-0.15, -0.1) is 0 Å². The van der Waals surface area contributed by atoms with E-state index in [0.29, 0.717) is 9.50 Å². The normalized spacial score (nSPS) is 18.2. The van der Waals surface area contributed by atoms with Crippen LogP contribution in [0.5, 0.6) is 0 Å². The summed E-state index contributed by atoms with van der Waals surface area (Å²) in [7, 11) is 0. The second-order valence-electron chi connectivity index (χ2n) is 4.63. The third-order valence-corrected chi connectivity index (χ3v) is 4.30. The van der Waals surface area contributed by atoms with Gasteiger partial charge in [-0.2, -0.15) is 0 Å². The van der Waals surface area contributed by atoms with Gasteiger partial charge in [-0.1, -0.05) is 11.6 Å². The van der Waals surface area contributed by atoms with Crippen LogP contribution in [0.3, 0.4) is 0 Å². The minimum absolute atomic E-state index is 0.154. The molecule has 1 aliphatic carbocycles. The molecule has 100 valence electrons. The molecule has 0 amide bonds. The molecule has 0 saturated carbocycles. The minimum atomic E-state index is -0.352. The van der Waals surface area contributed by atoms with Gasteiger partial charge in [0.2, 0.25) is 0 Å². The summed E-state index contributed by atoms with van der Waals surface area (Å²) >= 11 is 9.44. The van der Waals surface area contributed by atoms with Gasteiger partial charge < -0.3 is 9.73 Å². The smallest absolute Gasteiger partial charge is 0.125 e. The number of nitrogens with one attached hydrogen (secondary N) is 1. The zero-order valence-corrected chi connectivity index (χ0v) is 12.4. The van der Waals surface area contributed by atoms with E-state index < -0.39 is 0 Å². The highest BCUT2D eigenvalue weighted by molar-refractivity contribution is 9.10. The van der Waals surface area contributed by atoms with E-state index in [9.17, 15) is 4.39 Å². The molecule has 1 aromatic heterocycles. The zero-order valence-electron chi connectivity index (χ0n) is 10.1. The quantitative estimate of drug-likeness (QED) is 0.797. The first-order valence-corrected chi connectivity index (χ1v) is 7.29. The van der Waals surface area contributed by atoms with Crippen molar-refractivity contribution < 1.29 is 8.81 Å². The molecule has 0 bridgehead atoms. The lowest BCUT2D eigenvalue weighted by molar-refractivity contribution is 0.461. The first-order chi connectivity index (χ1) is 9.15. The Kier molecular flexibility index (Phi) is 3.54. The van der Waals surface area contributed by atoms with Gasteiger partial charge >= 0.3 is 0 Å². The molecule has 1 aliphatic rings. The maximum absolute atomic E-state index is 13.2. The van der Waals surface area contributed by atoms with Crippen molar-refractivity contribution in [2.75, 3.05) is 5.32 Å². The summed E-state index contributed by atoms with van der Waals surface area (Å²) in [5, 5.41) is 3.76. The number of furan rings is 1. The molecular weight excluding hydrogens is 333 g/mol. The summed E-state index contributed by atoms with van der Waals surface area (Å²) in [6.45, 7) is 0. The van der Waals surface area contributed by atoms with E-state index in [1.165, 1.54) is 17.7 Å². The molecule has 1 unspecified atom stereocenters. The highest BCUT2D eigenvalue weighted by atomic mass is 79.9. The molecule has 0 aliphatic heterocycles. The first kappa shape index (κ1) is 13.0. The van der Waals surface area contributed by atoms with Gasteiger partial charge in [-0.25, -0.2) is 4.39 Å². The molecule has 1 atom stereocenters. The topological polar surface area (TPSA) is 25.2 Å². The maximum Gasteiger partial charge on any atom is 0.125 e. The van der Waals surface area contributed by atoms with Gasteiger partial charge in [-0.05, 0) is 47.0 Å². The monoisotopic (exact) mass is 343 g/mol. The lowest BCUT2D eigenvalue weighted by Crippen LogP contribution is -2.16. The minimum Gasteiger partial charge on any atom is -0.469 e. The number of fused-ring (bicyclic) bond motifs is 1. The van der Waals surface area contributed by atoms with Crippen molar-refractivity contribution in [1.82, 2.24) is 0 Å². The summed E-state index contributed by atoms with van der Waals surface area (Å²) in [5.41, 5.74) is 1.89. The third kappa shape index (κ3) is 2.51. The van der Waals surface area contributed by atoms with Crippen molar-refractivity contribution >= 4 is 33.2 Å². The number of aryl methyl sites for hydroxylation is 1. The summed E-state index contributed by atoms with van der Waals surface area (Å²) in [4.78, 5) is 0. The fourth-order valence-electron chi connectivity index (χ4n) is 2.49. The molecular formula is C14H12BrClFNO. The van der Waals surface area contributed by atoms with E-state index in [4.69, 9.17) is 16.0 Å². The van der Waals surface area contributed by atoms with E-state index in [1.807, 2.05) is 6.07 Å². The van der Waals surface area contributed by atoms with Crippen LogP contribution < -0.4 is 5.32 Å². The fourth-order valence-corrected chi connectivity index (χ4v) is 3.41. The van der Waals surface area contributed by atoms with Gasteiger partial charge in [0.05, 0.1) is 23.0 Å². The Bertz CT molecular complexity index is 590. The van der Waals surface area contributed by atoms with Crippen LogP contribution in [-0.2, 0) is 6.42 Å². The Hall–Kier alpha value is -1.00. The number of hydrogen-bond donors (Lipinski definition) is 1. The molecule has 5 heteroatoms. The van der Waals surface area contributed by atoms with E-state index in [-0.39, 0.29) is 11.9 Å². The molecule has 0 fully saturated rings. The van der Waals surface area contributed by atoms with Crippen LogP contribution in [0.15, 0.2) is 33.4 Å². The Morgan fingerprint density at radius 1 is 1.42 bits per heavy atom. The summed E-state index contributed by atoms with van der Waals surface area (Å²) < 4.78 is 19.3. The molecule has 2 nitrogen and oxygen atoms in total. The van der Waals surface area contributed by atoms with Crippen molar-refractivity contribution in [2.45, 2.75) is 25.3 Å². The highest BCUT2D eigenvalue weighted by Gasteiger charge is 2.23. The second kappa shape index (κ2) is 5.17. The van der Waals surface area contributed by atoms with Crippen molar-refractivity contribution in [3.8, 4) is 0 Å². The van der Waals surface area contributed by atoms with Crippen LogP contribution in [0.4, 0.5) is 10.1 Å². The van der Waals surface area contributed by atoms with E-state index in [1.54, 1.807) is 6.26 Å². The van der Waals surface area contributed by atoms with Crippen LogP contribution in [0.25, 0.3) is 0 Å². The van der Waals surface area contributed by atoms with E-state index >= 15 is 0 Å². The molecule has 3 rings (SSSR count). The zero-order chi connectivity index (χ0) is 13.4. The van der Waals surface area contributed by atoms with Gasteiger partial charge in [-0.3, -0.25) is 0 Å². The van der Waals surface area contributed by atoms with Crippen LogP contribution in [0, 0.1) is 5.82 Å². The molecule has 1 N–H and O–H groups in total. The Morgan fingerprint density at radius 3 is 3.05 bits per heavy atom. The standard InChI is InChI=1S/C14H12BrClFNO/c15-10-6-8(17)7-11(16)14(10)18-12-2-1-3-13-9(12)4-5-19-13/h4-7,12,18H,1-3H2. The summed E-state index contributed by atoms with van der Waals surface area (Å²) in [6.07, 6.45) is 4.76. The summed E-state index contributed by atoms with van der Waals surface area (Å²) in [6, 6.07) is 4.86.